The smallest absolute Gasteiger partial charge is 0.181 e. The summed E-state index contributed by atoms with van der Waals surface area (Å²) in [6.07, 6.45) is 4.77. The highest BCUT2D eigenvalue weighted by atomic mass is 32.2. The minimum absolute atomic E-state index is 0.156. The van der Waals surface area contributed by atoms with Crippen LogP contribution in [0, 0.1) is 4.91 Å². The highest BCUT2D eigenvalue weighted by Gasteiger charge is 2.30. The van der Waals surface area contributed by atoms with Crippen molar-refractivity contribution in [3.63, 3.8) is 0 Å². The predicted octanol–water partition coefficient (Wildman–Crippen LogP) is 4.88. The first-order chi connectivity index (χ1) is 15.8. The van der Waals surface area contributed by atoms with Crippen molar-refractivity contribution in [1.29, 1.82) is 0 Å². The Hall–Kier alpha value is -3.10. The molecule has 0 atom stereocenters. The minimum atomic E-state index is -3.32. The van der Waals surface area contributed by atoms with Gasteiger partial charge in [0, 0.05) is 11.9 Å². The number of likely N-dealkylation sites (tertiary alicyclic amines) is 1. The summed E-state index contributed by atoms with van der Waals surface area (Å²) in [4.78, 5) is 17.2. The average molecular weight is 467 g/mol. The normalized spacial score (nSPS) is 16.1. The van der Waals surface area contributed by atoms with Crippen LogP contribution in [0.1, 0.15) is 30.9 Å². The summed E-state index contributed by atoms with van der Waals surface area (Å²) in [6, 6.07) is 14.3. The first-order valence-corrected chi connectivity index (χ1v) is 12.4. The van der Waals surface area contributed by atoms with Gasteiger partial charge in [-0.2, -0.15) is 4.91 Å². The van der Waals surface area contributed by atoms with Crippen molar-refractivity contribution >= 4 is 26.9 Å². The van der Waals surface area contributed by atoms with Gasteiger partial charge in [0.15, 0.2) is 9.84 Å². The van der Waals surface area contributed by atoms with Crippen LogP contribution in [0.3, 0.4) is 0 Å². The Labute approximate surface area is 195 Å². The lowest BCUT2D eigenvalue weighted by molar-refractivity contribution is 0.277. The Kier molecular flexibility index (Phi) is 8.30. The summed E-state index contributed by atoms with van der Waals surface area (Å²) in [5.41, 5.74) is 3.29. The predicted molar refractivity (Wildman–Crippen MR) is 135 cm³/mol. The molecule has 2 aromatic rings. The van der Waals surface area contributed by atoms with Crippen molar-refractivity contribution < 1.29 is 8.42 Å². The van der Waals surface area contributed by atoms with Crippen LogP contribution in [0.25, 0.3) is 5.57 Å². The first-order valence-electron chi connectivity index (χ1n) is 10.9. The van der Waals surface area contributed by atoms with Crippen molar-refractivity contribution in [3.05, 3.63) is 83.4 Å². The van der Waals surface area contributed by atoms with Gasteiger partial charge in [-0.15, -0.1) is 0 Å². The molecule has 1 aliphatic heterocycles. The van der Waals surface area contributed by atoms with E-state index in [4.69, 9.17) is 0 Å². The van der Waals surface area contributed by atoms with Gasteiger partial charge in [-0.05, 0) is 86.9 Å². The first kappa shape index (κ1) is 24.5. The molecule has 1 N–H and O–H groups in total. The molecule has 1 heterocycles. The number of nitrogens with one attached hydrogen (secondary N) is 1. The van der Waals surface area contributed by atoms with Crippen LogP contribution in [0.5, 0.6) is 0 Å². The number of sulfone groups is 1. The zero-order valence-electron chi connectivity index (χ0n) is 19.1. The van der Waals surface area contributed by atoms with Crippen LogP contribution in [0.2, 0.25) is 0 Å². The van der Waals surface area contributed by atoms with Crippen LogP contribution in [-0.4, -0.2) is 44.5 Å². The fraction of sp³-hybridized carbons (Fsp3) is 0.320. The van der Waals surface area contributed by atoms with E-state index in [1.54, 1.807) is 36.5 Å². The van der Waals surface area contributed by atoms with Gasteiger partial charge in [0.1, 0.15) is 12.4 Å². The van der Waals surface area contributed by atoms with Crippen molar-refractivity contribution in [2.45, 2.75) is 36.5 Å². The number of rotatable bonds is 8. The molecule has 0 radical (unpaired) electrons. The fourth-order valence-electron chi connectivity index (χ4n) is 3.69. The quantitative estimate of drug-likeness (QED) is 0.259. The van der Waals surface area contributed by atoms with E-state index >= 15 is 0 Å². The summed E-state index contributed by atoms with van der Waals surface area (Å²) in [5.74, 6) is 0.694. The van der Waals surface area contributed by atoms with Crippen molar-refractivity contribution in [3.8, 4) is 0 Å². The van der Waals surface area contributed by atoms with E-state index in [9.17, 15) is 13.3 Å². The topological polar surface area (TPSA) is 91.2 Å². The third kappa shape index (κ3) is 6.69. The lowest BCUT2D eigenvalue weighted by Gasteiger charge is -2.28. The van der Waals surface area contributed by atoms with Gasteiger partial charge in [-0.3, -0.25) is 0 Å². The van der Waals surface area contributed by atoms with Crippen LogP contribution < -0.4 is 5.32 Å². The molecule has 2 aromatic carbocycles. The zero-order valence-corrected chi connectivity index (χ0v) is 19.9. The van der Waals surface area contributed by atoms with E-state index < -0.39 is 9.84 Å². The second-order valence-electron chi connectivity index (χ2n) is 8.24. The monoisotopic (exact) mass is 466 g/mol. The minimum Gasteiger partial charge on any atom is -0.344 e. The van der Waals surface area contributed by atoms with E-state index in [1.807, 2.05) is 38.2 Å². The van der Waals surface area contributed by atoms with Gasteiger partial charge in [0.25, 0.3) is 0 Å². The van der Waals surface area contributed by atoms with Crippen molar-refractivity contribution in [1.82, 2.24) is 4.90 Å². The van der Waals surface area contributed by atoms with Crippen molar-refractivity contribution in [2.24, 2.45) is 10.2 Å². The average Bonchev–Trinajstić information content (AvgIpc) is 2.81. The van der Waals surface area contributed by atoms with E-state index in [2.05, 4.69) is 27.0 Å². The molecule has 0 saturated carbocycles. The molecule has 1 fully saturated rings. The van der Waals surface area contributed by atoms with Crippen LogP contribution >= 0.6 is 0 Å². The van der Waals surface area contributed by atoms with Gasteiger partial charge < -0.3 is 10.2 Å². The second-order valence-corrected chi connectivity index (χ2v) is 10.5. The van der Waals surface area contributed by atoms with E-state index in [-0.39, 0.29) is 11.8 Å². The third-order valence-electron chi connectivity index (χ3n) is 5.73. The molecule has 0 aromatic heterocycles. The maximum atomic E-state index is 12.9. The molecule has 0 unspecified atom stereocenters. The fourth-order valence-corrected chi connectivity index (χ4v) is 5.42. The SMILES string of the molecule is C=C(/C=C\N=C(C)Nc1ccc(CN=O)cc1)c1ccc(S(=O)(=O)C2CCN(C)CC2)cc1. The Morgan fingerprint density at radius 2 is 1.76 bits per heavy atom. The summed E-state index contributed by atoms with van der Waals surface area (Å²) >= 11 is 0. The molecule has 1 saturated heterocycles. The summed E-state index contributed by atoms with van der Waals surface area (Å²) in [6.45, 7) is 7.67. The molecule has 1 aliphatic rings. The van der Waals surface area contributed by atoms with Gasteiger partial charge >= 0.3 is 0 Å². The van der Waals surface area contributed by atoms with E-state index in [0.29, 0.717) is 23.6 Å². The molecule has 174 valence electrons. The summed E-state index contributed by atoms with van der Waals surface area (Å²) < 4.78 is 25.9. The number of anilines is 1. The van der Waals surface area contributed by atoms with Crippen LogP contribution in [0.4, 0.5) is 5.69 Å². The molecule has 0 aliphatic carbocycles. The number of hydrogen-bond donors (Lipinski definition) is 1. The van der Waals surface area contributed by atoms with Crippen molar-refractivity contribution in [2.75, 3.05) is 25.5 Å². The van der Waals surface area contributed by atoms with Gasteiger partial charge in [-0.1, -0.05) is 36.0 Å². The third-order valence-corrected chi connectivity index (χ3v) is 8.01. The van der Waals surface area contributed by atoms with Crippen LogP contribution in [-0.2, 0) is 16.4 Å². The molecule has 0 bridgehead atoms. The van der Waals surface area contributed by atoms with E-state index in [0.717, 1.165) is 35.5 Å². The molecule has 8 heteroatoms. The summed E-state index contributed by atoms with van der Waals surface area (Å²) in [5, 5.41) is 5.73. The zero-order chi connectivity index (χ0) is 23.8. The number of hydrogen-bond acceptors (Lipinski definition) is 6. The number of nitroso groups, excluding NO2 is 1. The van der Waals surface area contributed by atoms with Crippen LogP contribution in [0.15, 0.2) is 82.5 Å². The molecular formula is C25H30N4O3S. The molecule has 33 heavy (non-hydrogen) atoms. The summed E-state index contributed by atoms with van der Waals surface area (Å²) in [7, 11) is -1.30. The number of piperidine rings is 1. The number of nitrogens with zero attached hydrogens (tertiary/aromatic N) is 3. The molecule has 0 spiro atoms. The Balaban J connectivity index is 1.58. The van der Waals surface area contributed by atoms with E-state index in [1.165, 1.54) is 0 Å². The van der Waals surface area contributed by atoms with Gasteiger partial charge in [0.05, 0.1) is 10.1 Å². The Morgan fingerprint density at radius 3 is 2.36 bits per heavy atom. The number of aliphatic imine (C=N–C) groups is 1. The highest BCUT2D eigenvalue weighted by Crippen LogP contribution is 2.25. The maximum absolute atomic E-state index is 12.9. The largest absolute Gasteiger partial charge is 0.344 e. The molecule has 0 amide bonds. The van der Waals surface area contributed by atoms with Gasteiger partial charge in [0.2, 0.25) is 0 Å². The molecule has 7 nitrogen and oxygen atoms in total. The maximum Gasteiger partial charge on any atom is 0.181 e. The highest BCUT2D eigenvalue weighted by molar-refractivity contribution is 7.92. The van der Waals surface area contributed by atoms with Gasteiger partial charge in [-0.25, -0.2) is 13.4 Å². The lowest BCUT2D eigenvalue weighted by Crippen LogP contribution is -2.37. The number of allylic oxidation sites excluding steroid dienone is 2. The molecule has 3 rings (SSSR count). The Morgan fingerprint density at radius 1 is 1.12 bits per heavy atom. The number of amidine groups is 1. The standard InChI is InChI=1S/C25H30N4O3S/c1-19(12-15-26-20(2)28-23-8-4-21(5-9-23)18-27-30)22-6-10-24(11-7-22)33(31,32)25-13-16-29(3)17-14-25/h4-12,15,25H,1,13-14,16-18H2,2-3H3,(H,26,28)/b15-12-. The second kappa shape index (κ2) is 11.2. The molecular weight excluding hydrogens is 436 g/mol. The number of benzene rings is 2. The Bertz CT molecular complexity index is 1130. The lowest BCUT2D eigenvalue weighted by atomic mass is 10.1.